The van der Waals surface area contributed by atoms with Crippen LogP contribution in [-0.4, -0.2) is 35.9 Å². The highest BCUT2D eigenvalue weighted by Crippen LogP contribution is 2.30. The minimum atomic E-state index is -0.0946. The normalized spacial score (nSPS) is 19.2. The van der Waals surface area contributed by atoms with E-state index in [4.69, 9.17) is 11.6 Å². The highest BCUT2D eigenvalue weighted by Gasteiger charge is 2.23. The van der Waals surface area contributed by atoms with E-state index in [1.54, 1.807) is 11.3 Å². The van der Waals surface area contributed by atoms with Crippen molar-refractivity contribution in [3.05, 3.63) is 24.3 Å². The highest BCUT2D eigenvalue weighted by atomic mass is 35.5. The number of fused-ring (bicyclic) bond motifs is 1. The Morgan fingerprint density at radius 2 is 2.35 bits per heavy atom. The van der Waals surface area contributed by atoms with Gasteiger partial charge in [0.1, 0.15) is 5.88 Å². The van der Waals surface area contributed by atoms with E-state index in [0.717, 1.165) is 36.6 Å². The van der Waals surface area contributed by atoms with Gasteiger partial charge in [0, 0.05) is 19.1 Å². The summed E-state index contributed by atoms with van der Waals surface area (Å²) in [6.07, 6.45) is 2.06. The van der Waals surface area contributed by atoms with E-state index in [9.17, 15) is 4.79 Å². The molecule has 1 atom stereocenters. The van der Waals surface area contributed by atoms with Crippen LogP contribution in [0, 0.1) is 0 Å². The van der Waals surface area contributed by atoms with Crippen molar-refractivity contribution in [2.75, 3.05) is 23.9 Å². The first kappa shape index (κ1) is 13.6. The third-order valence-electron chi connectivity index (χ3n) is 3.46. The molecule has 6 heteroatoms. The largest absolute Gasteiger partial charge is 0.351 e. The van der Waals surface area contributed by atoms with Crippen LogP contribution in [0.4, 0.5) is 5.13 Å². The van der Waals surface area contributed by atoms with Crippen molar-refractivity contribution >= 4 is 44.2 Å². The first-order chi connectivity index (χ1) is 9.76. The lowest BCUT2D eigenvalue weighted by atomic mass is 10.1. The number of nitrogens with one attached hydrogen (secondary N) is 1. The van der Waals surface area contributed by atoms with Gasteiger partial charge in [-0.05, 0) is 25.0 Å². The van der Waals surface area contributed by atoms with Crippen LogP contribution in [0.25, 0.3) is 10.2 Å². The number of aromatic nitrogens is 1. The summed E-state index contributed by atoms with van der Waals surface area (Å²) in [5.41, 5.74) is 1.04. The number of thiazole rings is 1. The summed E-state index contributed by atoms with van der Waals surface area (Å²) in [6, 6.07) is 8.33. The number of carbonyl (C=O) groups is 1. The molecule has 1 aliphatic heterocycles. The van der Waals surface area contributed by atoms with Crippen molar-refractivity contribution in [1.29, 1.82) is 0 Å². The average molecular weight is 310 g/mol. The summed E-state index contributed by atoms with van der Waals surface area (Å²) in [5.74, 6) is -0.0692. The van der Waals surface area contributed by atoms with Crippen LogP contribution in [-0.2, 0) is 4.79 Å². The Bertz CT molecular complexity index is 582. The number of nitrogens with zero attached hydrogens (tertiary/aromatic N) is 2. The number of rotatable bonds is 3. The molecule has 1 fully saturated rings. The summed E-state index contributed by atoms with van der Waals surface area (Å²) in [5, 5.41) is 4.00. The zero-order chi connectivity index (χ0) is 13.9. The molecule has 0 bridgehead atoms. The number of hydrogen-bond donors (Lipinski definition) is 1. The number of para-hydroxylation sites is 1. The lowest BCUT2D eigenvalue weighted by molar-refractivity contribution is -0.119. The number of hydrogen-bond acceptors (Lipinski definition) is 4. The van der Waals surface area contributed by atoms with Gasteiger partial charge < -0.3 is 10.2 Å². The zero-order valence-electron chi connectivity index (χ0n) is 11.0. The molecule has 2 aromatic rings. The number of amides is 1. The van der Waals surface area contributed by atoms with Crippen LogP contribution in [0.2, 0.25) is 0 Å². The predicted molar refractivity (Wildman–Crippen MR) is 83.7 cm³/mol. The van der Waals surface area contributed by atoms with Gasteiger partial charge in [-0.2, -0.15) is 0 Å². The summed E-state index contributed by atoms with van der Waals surface area (Å²) in [6.45, 7) is 1.80. The van der Waals surface area contributed by atoms with Crippen LogP contribution in [0.1, 0.15) is 12.8 Å². The number of alkyl halides is 1. The maximum Gasteiger partial charge on any atom is 0.235 e. The van der Waals surface area contributed by atoms with Crippen LogP contribution in [0.15, 0.2) is 24.3 Å². The molecule has 2 heterocycles. The second-order valence-corrected chi connectivity index (χ2v) is 6.23. The molecule has 0 spiro atoms. The smallest absolute Gasteiger partial charge is 0.235 e. The fourth-order valence-corrected chi connectivity index (χ4v) is 3.61. The standard InChI is InChI=1S/C14H16ClN3OS/c15-8-13(19)16-10-4-3-7-18(9-10)14-17-11-5-1-2-6-12(11)20-14/h1-2,5-6,10H,3-4,7-9H2,(H,16,19)/t10-/m0/s1. The fourth-order valence-electron chi connectivity index (χ4n) is 2.53. The summed E-state index contributed by atoms with van der Waals surface area (Å²) in [7, 11) is 0. The van der Waals surface area contributed by atoms with E-state index in [2.05, 4.69) is 21.3 Å². The summed E-state index contributed by atoms with van der Waals surface area (Å²) >= 11 is 7.25. The van der Waals surface area contributed by atoms with Crippen molar-refractivity contribution in [3.63, 3.8) is 0 Å². The third-order valence-corrected chi connectivity index (χ3v) is 4.80. The van der Waals surface area contributed by atoms with Crippen LogP contribution in [0.5, 0.6) is 0 Å². The Kier molecular flexibility index (Phi) is 4.08. The van der Waals surface area contributed by atoms with E-state index >= 15 is 0 Å². The molecule has 106 valence electrons. The quantitative estimate of drug-likeness (QED) is 0.887. The van der Waals surface area contributed by atoms with Gasteiger partial charge in [-0.15, -0.1) is 11.6 Å². The summed E-state index contributed by atoms with van der Waals surface area (Å²) < 4.78 is 1.20. The minimum Gasteiger partial charge on any atom is -0.351 e. The molecule has 1 aliphatic rings. The third kappa shape index (κ3) is 2.88. The molecule has 20 heavy (non-hydrogen) atoms. The van der Waals surface area contributed by atoms with Crippen LogP contribution in [0.3, 0.4) is 0 Å². The fraction of sp³-hybridized carbons (Fsp3) is 0.429. The molecular weight excluding hydrogens is 294 g/mol. The lowest BCUT2D eigenvalue weighted by Crippen LogP contribution is -2.48. The number of piperidine rings is 1. The molecular formula is C14H16ClN3OS. The van der Waals surface area contributed by atoms with E-state index < -0.39 is 0 Å². The highest BCUT2D eigenvalue weighted by molar-refractivity contribution is 7.22. The van der Waals surface area contributed by atoms with Crippen molar-refractivity contribution in [2.24, 2.45) is 0 Å². The predicted octanol–water partition coefficient (Wildman–Crippen LogP) is 2.62. The molecule has 0 saturated carbocycles. The molecule has 1 aromatic heterocycles. The van der Waals surface area contributed by atoms with E-state index in [0.29, 0.717) is 0 Å². The van der Waals surface area contributed by atoms with Gasteiger partial charge in [0.15, 0.2) is 5.13 Å². The number of anilines is 1. The molecule has 0 unspecified atom stereocenters. The second kappa shape index (κ2) is 5.97. The van der Waals surface area contributed by atoms with Gasteiger partial charge in [-0.3, -0.25) is 4.79 Å². The van der Waals surface area contributed by atoms with Crippen LogP contribution >= 0.6 is 22.9 Å². The van der Waals surface area contributed by atoms with Gasteiger partial charge in [-0.25, -0.2) is 4.98 Å². The van der Waals surface area contributed by atoms with Gasteiger partial charge in [0.2, 0.25) is 5.91 Å². The number of benzene rings is 1. The Hall–Kier alpha value is -1.33. The van der Waals surface area contributed by atoms with Gasteiger partial charge in [0.05, 0.1) is 10.2 Å². The maximum absolute atomic E-state index is 11.4. The number of carbonyl (C=O) groups excluding carboxylic acids is 1. The molecule has 0 radical (unpaired) electrons. The molecule has 3 rings (SSSR count). The van der Waals surface area contributed by atoms with Gasteiger partial charge >= 0.3 is 0 Å². The molecule has 1 aromatic carbocycles. The second-order valence-electron chi connectivity index (χ2n) is 4.95. The Labute approximate surface area is 126 Å². The maximum atomic E-state index is 11.4. The molecule has 4 nitrogen and oxygen atoms in total. The Balaban J connectivity index is 1.74. The van der Waals surface area contributed by atoms with Crippen molar-refractivity contribution in [2.45, 2.75) is 18.9 Å². The molecule has 1 amide bonds. The van der Waals surface area contributed by atoms with Gasteiger partial charge in [-0.1, -0.05) is 23.5 Å². The van der Waals surface area contributed by atoms with E-state index in [-0.39, 0.29) is 17.8 Å². The van der Waals surface area contributed by atoms with Crippen molar-refractivity contribution < 1.29 is 4.79 Å². The van der Waals surface area contributed by atoms with Crippen molar-refractivity contribution in [1.82, 2.24) is 10.3 Å². The average Bonchev–Trinajstić information content (AvgIpc) is 2.91. The topological polar surface area (TPSA) is 45.2 Å². The van der Waals surface area contributed by atoms with E-state index in [1.807, 2.05) is 18.2 Å². The molecule has 0 aliphatic carbocycles. The van der Waals surface area contributed by atoms with Gasteiger partial charge in [0.25, 0.3) is 0 Å². The Morgan fingerprint density at radius 3 is 3.15 bits per heavy atom. The molecule has 1 N–H and O–H groups in total. The summed E-state index contributed by atoms with van der Waals surface area (Å²) in [4.78, 5) is 18.3. The lowest BCUT2D eigenvalue weighted by Gasteiger charge is -2.32. The SMILES string of the molecule is O=C(CCl)N[C@H]1CCCN(c2nc3ccccc3s2)C1. The van der Waals surface area contributed by atoms with Crippen molar-refractivity contribution in [3.8, 4) is 0 Å². The Morgan fingerprint density at radius 1 is 1.50 bits per heavy atom. The van der Waals surface area contributed by atoms with E-state index in [1.165, 1.54) is 4.70 Å². The van der Waals surface area contributed by atoms with Crippen LogP contribution < -0.4 is 10.2 Å². The number of halogens is 1. The first-order valence-electron chi connectivity index (χ1n) is 6.72. The molecule has 1 saturated heterocycles. The minimum absolute atomic E-state index is 0.0254. The monoisotopic (exact) mass is 309 g/mol. The zero-order valence-corrected chi connectivity index (χ0v) is 12.6. The first-order valence-corrected chi connectivity index (χ1v) is 8.07.